The van der Waals surface area contributed by atoms with Crippen LogP contribution in [0.5, 0.6) is 0 Å². The molecule has 0 spiro atoms. The quantitative estimate of drug-likeness (QED) is 0.653. The molecule has 1 fully saturated rings. The number of para-hydroxylation sites is 1. The zero-order chi connectivity index (χ0) is 21.1. The van der Waals surface area contributed by atoms with Crippen LogP contribution >= 0.6 is 11.6 Å². The van der Waals surface area contributed by atoms with E-state index in [9.17, 15) is 4.79 Å². The van der Waals surface area contributed by atoms with E-state index in [4.69, 9.17) is 22.1 Å². The third-order valence-electron chi connectivity index (χ3n) is 5.21. The number of hydrogen-bond donors (Lipinski definition) is 2. The molecule has 3 N–H and O–H groups in total. The minimum Gasteiger partial charge on any atom is -0.383 e. The van der Waals surface area contributed by atoms with Crippen molar-refractivity contribution in [3.05, 3.63) is 70.4 Å². The third kappa shape index (κ3) is 4.33. The third-order valence-corrected chi connectivity index (χ3v) is 5.44. The first-order valence-corrected chi connectivity index (χ1v) is 10.2. The van der Waals surface area contributed by atoms with Crippen molar-refractivity contribution in [2.75, 3.05) is 37.4 Å². The van der Waals surface area contributed by atoms with Crippen molar-refractivity contribution in [2.45, 2.75) is 13.5 Å². The van der Waals surface area contributed by atoms with E-state index in [-0.39, 0.29) is 5.91 Å². The summed E-state index contributed by atoms with van der Waals surface area (Å²) in [5, 5.41) is 7.93. The van der Waals surface area contributed by atoms with Crippen molar-refractivity contribution in [2.24, 2.45) is 0 Å². The number of aromatic nitrogens is 2. The van der Waals surface area contributed by atoms with Crippen molar-refractivity contribution in [1.29, 1.82) is 0 Å². The van der Waals surface area contributed by atoms with Gasteiger partial charge in [-0.2, -0.15) is 5.10 Å². The first-order valence-electron chi connectivity index (χ1n) is 9.82. The van der Waals surface area contributed by atoms with Crippen LogP contribution < -0.4 is 11.1 Å². The maximum Gasteiger partial charge on any atom is 0.261 e. The molecule has 1 amide bonds. The maximum atomic E-state index is 13.0. The molecule has 2 aromatic carbocycles. The molecule has 1 saturated heterocycles. The monoisotopic (exact) mass is 425 g/mol. The van der Waals surface area contributed by atoms with Gasteiger partial charge < -0.3 is 15.8 Å². The Labute approximate surface area is 180 Å². The van der Waals surface area contributed by atoms with Crippen LogP contribution in [0.15, 0.2) is 48.7 Å². The molecule has 156 valence electrons. The summed E-state index contributed by atoms with van der Waals surface area (Å²) in [7, 11) is 0. The molecule has 0 radical (unpaired) electrons. The number of carbonyl (C=O) groups excluding carboxylic acids is 1. The van der Waals surface area contributed by atoms with Gasteiger partial charge in [0.25, 0.3) is 5.91 Å². The number of ether oxygens (including phenoxy) is 1. The summed E-state index contributed by atoms with van der Waals surface area (Å²) in [6, 6.07) is 13.2. The number of nitrogen functional groups attached to an aromatic ring is 1. The van der Waals surface area contributed by atoms with Crippen LogP contribution in [0.4, 0.5) is 11.5 Å². The van der Waals surface area contributed by atoms with Gasteiger partial charge in [-0.15, -0.1) is 0 Å². The van der Waals surface area contributed by atoms with Gasteiger partial charge in [0.15, 0.2) is 0 Å². The molecule has 30 heavy (non-hydrogen) atoms. The summed E-state index contributed by atoms with van der Waals surface area (Å²) in [5.41, 5.74) is 10.1. The van der Waals surface area contributed by atoms with Gasteiger partial charge in [-0.1, -0.05) is 29.8 Å². The van der Waals surface area contributed by atoms with Crippen molar-refractivity contribution in [1.82, 2.24) is 14.7 Å². The Morgan fingerprint density at radius 1 is 1.23 bits per heavy atom. The van der Waals surface area contributed by atoms with Gasteiger partial charge in [0, 0.05) is 30.3 Å². The number of morpholine rings is 1. The van der Waals surface area contributed by atoms with Crippen LogP contribution in [0.25, 0.3) is 5.69 Å². The Morgan fingerprint density at radius 3 is 2.77 bits per heavy atom. The van der Waals surface area contributed by atoms with Gasteiger partial charge in [0.1, 0.15) is 11.4 Å². The average Bonchev–Trinajstić information content (AvgIpc) is 3.12. The normalized spacial score (nSPS) is 14.6. The second-order valence-electron chi connectivity index (χ2n) is 7.29. The summed E-state index contributed by atoms with van der Waals surface area (Å²) in [6.45, 7) is 5.75. The fraction of sp³-hybridized carbons (Fsp3) is 0.273. The molecule has 0 unspecified atom stereocenters. The molecule has 0 atom stereocenters. The molecule has 2 heterocycles. The minimum absolute atomic E-state index is 0.297. The maximum absolute atomic E-state index is 13.0. The molecule has 3 aromatic rings. The number of rotatable bonds is 5. The average molecular weight is 426 g/mol. The highest BCUT2D eigenvalue weighted by atomic mass is 35.5. The van der Waals surface area contributed by atoms with Crippen LogP contribution in [0.2, 0.25) is 5.02 Å². The van der Waals surface area contributed by atoms with Gasteiger partial charge in [0.05, 0.1) is 25.1 Å². The van der Waals surface area contributed by atoms with Crippen molar-refractivity contribution >= 4 is 29.0 Å². The number of benzene rings is 2. The van der Waals surface area contributed by atoms with Gasteiger partial charge in [-0.05, 0) is 42.3 Å². The zero-order valence-electron chi connectivity index (χ0n) is 16.8. The van der Waals surface area contributed by atoms with E-state index in [0.29, 0.717) is 41.8 Å². The van der Waals surface area contributed by atoms with E-state index in [1.165, 1.54) is 6.20 Å². The lowest BCUT2D eigenvalue weighted by Gasteiger charge is -2.27. The number of amides is 1. The number of aryl methyl sites for hydroxylation is 1. The molecular weight excluding hydrogens is 402 g/mol. The van der Waals surface area contributed by atoms with Crippen LogP contribution in [-0.4, -0.2) is 46.9 Å². The van der Waals surface area contributed by atoms with E-state index in [2.05, 4.69) is 15.3 Å². The SMILES string of the molecule is Cc1ccccc1-n1ncc(C(=O)Nc2ccc(Cl)cc2CN2CCOCC2)c1N. The molecule has 1 aliphatic heterocycles. The predicted molar refractivity (Wildman–Crippen MR) is 118 cm³/mol. The predicted octanol–water partition coefficient (Wildman–Crippen LogP) is 3.50. The standard InChI is InChI=1S/C22H24ClN5O2/c1-15-4-2-3-5-20(15)28-21(24)18(13-25-28)22(29)26-19-7-6-17(23)12-16(19)14-27-8-10-30-11-9-27/h2-7,12-13H,8-11,14,24H2,1H3,(H,26,29). The Morgan fingerprint density at radius 2 is 2.00 bits per heavy atom. The number of hydrogen-bond acceptors (Lipinski definition) is 5. The minimum atomic E-state index is -0.308. The number of carbonyl (C=O) groups is 1. The molecule has 0 bridgehead atoms. The number of anilines is 2. The van der Waals surface area contributed by atoms with Gasteiger partial charge in [0.2, 0.25) is 0 Å². The van der Waals surface area contributed by atoms with Gasteiger partial charge >= 0.3 is 0 Å². The van der Waals surface area contributed by atoms with Crippen LogP contribution in [0.1, 0.15) is 21.5 Å². The van der Waals surface area contributed by atoms with Crippen molar-refractivity contribution < 1.29 is 9.53 Å². The lowest BCUT2D eigenvalue weighted by molar-refractivity contribution is 0.0342. The highest BCUT2D eigenvalue weighted by Crippen LogP contribution is 2.25. The number of halogens is 1. The summed E-state index contributed by atoms with van der Waals surface area (Å²) < 4.78 is 7.00. The first-order chi connectivity index (χ1) is 14.5. The smallest absolute Gasteiger partial charge is 0.261 e. The van der Waals surface area contributed by atoms with Crippen LogP contribution in [0, 0.1) is 6.92 Å². The van der Waals surface area contributed by atoms with Gasteiger partial charge in [-0.3, -0.25) is 9.69 Å². The first kappa shape index (κ1) is 20.4. The van der Waals surface area contributed by atoms with Crippen molar-refractivity contribution in [3.8, 4) is 5.69 Å². The number of nitrogens with one attached hydrogen (secondary N) is 1. The molecule has 0 aliphatic carbocycles. The Bertz CT molecular complexity index is 1060. The van der Waals surface area contributed by atoms with Crippen LogP contribution in [-0.2, 0) is 11.3 Å². The second-order valence-corrected chi connectivity index (χ2v) is 7.72. The van der Waals surface area contributed by atoms with E-state index in [0.717, 1.165) is 29.9 Å². The highest BCUT2D eigenvalue weighted by molar-refractivity contribution is 6.30. The number of nitrogens with two attached hydrogens (primary N) is 1. The van der Waals surface area contributed by atoms with Gasteiger partial charge in [-0.25, -0.2) is 4.68 Å². The lowest BCUT2D eigenvalue weighted by atomic mass is 10.1. The number of nitrogens with zero attached hydrogens (tertiary/aromatic N) is 3. The summed E-state index contributed by atoms with van der Waals surface area (Å²) >= 11 is 6.21. The highest BCUT2D eigenvalue weighted by Gasteiger charge is 2.19. The summed E-state index contributed by atoms with van der Waals surface area (Å²) in [6.07, 6.45) is 1.49. The molecule has 8 heteroatoms. The lowest BCUT2D eigenvalue weighted by Crippen LogP contribution is -2.35. The molecule has 7 nitrogen and oxygen atoms in total. The molecule has 0 saturated carbocycles. The van der Waals surface area contributed by atoms with E-state index in [1.54, 1.807) is 10.7 Å². The van der Waals surface area contributed by atoms with E-state index >= 15 is 0 Å². The molecule has 4 rings (SSSR count). The summed E-state index contributed by atoms with van der Waals surface area (Å²) in [5.74, 6) is -0.0108. The van der Waals surface area contributed by atoms with E-state index in [1.807, 2.05) is 43.3 Å². The Balaban J connectivity index is 1.57. The van der Waals surface area contributed by atoms with E-state index < -0.39 is 0 Å². The fourth-order valence-corrected chi connectivity index (χ4v) is 3.73. The Kier molecular flexibility index (Phi) is 6.03. The molecule has 1 aromatic heterocycles. The summed E-state index contributed by atoms with van der Waals surface area (Å²) in [4.78, 5) is 15.3. The largest absolute Gasteiger partial charge is 0.383 e. The second kappa shape index (κ2) is 8.87. The fourth-order valence-electron chi connectivity index (χ4n) is 3.53. The van der Waals surface area contributed by atoms with Crippen LogP contribution in [0.3, 0.4) is 0 Å². The molecular formula is C22H24ClN5O2. The zero-order valence-corrected chi connectivity index (χ0v) is 17.5. The molecule has 1 aliphatic rings. The Hall–Kier alpha value is -2.87. The van der Waals surface area contributed by atoms with Crippen molar-refractivity contribution in [3.63, 3.8) is 0 Å². The topological polar surface area (TPSA) is 85.4 Å².